The monoisotopic (exact) mass is 322 g/mol. The van der Waals surface area contributed by atoms with Gasteiger partial charge in [-0.05, 0) is 24.3 Å². The summed E-state index contributed by atoms with van der Waals surface area (Å²) < 4.78 is 5.41. The molecular formula is C18H18N4O2. The molecule has 1 fully saturated rings. The Bertz CT molecular complexity index is 868. The second-order valence-electron chi connectivity index (χ2n) is 5.67. The molecule has 3 aromatic rings. The topological polar surface area (TPSA) is 70.2 Å². The molecule has 1 saturated heterocycles. The van der Waals surface area contributed by atoms with E-state index in [0.717, 1.165) is 30.0 Å². The number of aromatic nitrogens is 2. The second-order valence-corrected chi connectivity index (χ2v) is 5.67. The molecule has 1 amide bonds. The zero-order valence-corrected chi connectivity index (χ0v) is 13.2. The summed E-state index contributed by atoms with van der Waals surface area (Å²) in [6.07, 6.45) is 1.60. The maximum absolute atomic E-state index is 12.8. The fourth-order valence-corrected chi connectivity index (χ4v) is 3.00. The summed E-state index contributed by atoms with van der Waals surface area (Å²) in [5.41, 5.74) is 3.91. The Kier molecular flexibility index (Phi) is 3.88. The lowest BCUT2D eigenvalue weighted by molar-refractivity contribution is 0.102. The van der Waals surface area contributed by atoms with E-state index in [2.05, 4.69) is 20.2 Å². The number of anilines is 2. The number of nitrogens with one attached hydrogen (secondary N) is 2. The van der Waals surface area contributed by atoms with Gasteiger partial charge in [0.15, 0.2) is 0 Å². The Labute approximate surface area is 139 Å². The van der Waals surface area contributed by atoms with Gasteiger partial charge < -0.3 is 19.9 Å². The van der Waals surface area contributed by atoms with Crippen molar-refractivity contribution in [2.45, 2.75) is 0 Å². The molecule has 0 atom stereocenters. The molecule has 0 unspecified atom stereocenters. The number of aromatic amines is 1. The zero-order chi connectivity index (χ0) is 16.4. The van der Waals surface area contributed by atoms with Crippen molar-refractivity contribution in [2.24, 2.45) is 0 Å². The smallest absolute Gasteiger partial charge is 0.257 e. The van der Waals surface area contributed by atoms with Crippen LogP contribution in [0.3, 0.4) is 0 Å². The molecule has 6 heteroatoms. The van der Waals surface area contributed by atoms with Crippen molar-refractivity contribution >= 4 is 28.3 Å². The van der Waals surface area contributed by atoms with E-state index >= 15 is 0 Å². The Morgan fingerprint density at radius 1 is 1.12 bits per heavy atom. The van der Waals surface area contributed by atoms with E-state index in [-0.39, 0.29) is 5.91 Å². The number of benzene rings is 2. The van der Waals surface area contributed by atoms with Crippen LogP contribution in [0.4, 0.5) is 11.4 Å². The molecule has 1 aromatic heterocycles. The number of amides is 1. The molecule has 0 spiro atoms. The van der Waals surface area contributed by atoms with Crippen molar-refractivity contribution in [3.05, 3.63) is 54.4 Å². The first-order valence-electron chi connectivity index (χ1n) is 7.98. The van der Waals surface area contributed by atoms with Crippen molar-refractivity contribution in [3.8, 4) is 0 Å². The summed E-state index contributed by atoms with van der Waals surface area (Å²) >= 11 is 0. The minimum absolute atomic E-state index is 0.159. The van der Waals surface area contributed by atoms with Crippen LogP contribution >= 0.6 is 0 Å². The first-order valence-corrected chi connectivity index (χ1v) is 7.98. The summed E-state index contributed by atoms with van der Waals surface area (Å²) in [5, 5.41) is 3.03. The molecule has 0 radical (unpaired) electrons. The number of morpholine rings is 1. The van der Waals surface area contributed by atoms with Gasteiger partial charge in [-0.2, -0.15) is 0 Å². The van der Waals surface area contributed by atoms with E-state index in [1.54, 1.807) is 12.4 Å². The minimum Gasteiger partial charge on any atom is -0.378 e. The van der Waals surface area contributed by atoms with E-state index in [4.69, 9.17) is 4.74 Å². The van der Waals surface area contributed by atoms with Crippen LogP contribution in [0.5, 0.6) is 0 Å². The van der Waals surface area contributed by atoms with E-state index in [1.807, 2.05) is 36.4 Å². The van der Waals surface area contributed by atoms with Crippen molar-refractivity contribution in [3.63, 3.8) is 0 Å². The largest absolute Gasteiger partial charge is 0.378 e. The lowest BCUT2D eigenvalue weighted by atomic mass is 10.1. The number of nitrogens with zero attached hydrogens (tertiary/aromatic N) is 2. The lowest BCUT2D eigenvalue weighted by Crippen LogP contribution is -2.36. The fourth-order valence-electron chi connectivity index (χ4n) is 3.00. The number of ether oxygens (including phenoxy) is 1. The molecule has 0 bridgehead atoms. The van der Waals surface area contributed by atoms with Gasteiger partial charge in [-0.3, -0.25) is 4.79 Å². The van der Waals surface area contributed by atoms with E-state index < -0.39 is 0 Å². The van der Waals surface area contributed by atoms with Crippen LogP contribution in [-0.2, 0) is 4.74 Å². The maximum Gasteiger partial charge on any atom is 0.257 e. The predicted octanol–water partition coefficient (Wildman–Crippen LogP) is 2.65. The molecule has 6 nitrogen and oxygen atoms in total. The minimum atomic E-state index is -0.159. The average molecular weight is 322 g/mol. The number of fused-ring (bicyclic) bond motifs is 1. The first kappa shape index (κ1) is 14.7. The lowest BCUT2D eigenvalue weighted by Gasteiger charge is -2.30. The van der Waals surface area contributed by atoms with Crippen LogP contribution in [0.25, 0.3) is 11.0 Å². The van der Waals surface area contributed by atoms with Gasteiger partial charge in [-0.1, -0.05) is 18.2 Å². The van der Waals surface area contributed by atoms with Crippen molar-refractivity contribution in [2.75, 3.05) is 36.5 Å². The first-order chi connectivity index (χ1) is 11.8. The highest BCUT2D eigenvalue weighted by Crippen LogP contribution is 2.27. The van der Waals surface area contributed by atoms with Crippen LogP contribution in [0.2, 0.25) is 0 Å². The van der Waals surface area contributed by atoms with Crippen molar-refractivity contribution in [1.29, 1.82) is 0 Å². The van der Waals surface area contributed by atoms with Crippen LogP contribution in [0.15, 0.2) is 48.8 Å². The van der Waals surface area contributed by atoms with Gasteiger partial charge in [-0.25, -0.2) is 4.98 Å². The van der Waals surface area contributed by atoms with Crippen LogP contribution in [-0.4, -0.2) is 42.2 Å². The molecule has 2 N–H and O–H groups in total. The molecule has 2 heterocycles. The summed E-state index contributed by atoms with van der Waals surface area (Å²) in [4.78, 5) is 22.3. The second kappa shape index (κ2) is 6.33. The third-order valence-corrected chi connectivity index (χ3v) is 4.20. The van der Waals surface area contributed by atoms with Gasteiger partial charge in [-0.15, -0.1) is 0 Å². The van der Waals surface area contributed by atoms with Gasteiger partial charge in [0.1, 0.15) is 5.52 Å². The fraction of sp³-hybridized carbons (Fsp3) is 0.222. The van der Waals surface area contributed by atoms with Gasteiger partial charge in [0.2, 0.25) is 0 Å². The van der Waals surface area contributed by atoms with Crippen molar-refractivity contribution < 1.29 is 9.53 Å². The van der Waals surface area contributed by atoms with E-state index in [1.165, 1.54) is 0 Å². The molecule has 0 aliphatic carbocycles. The number of para-hydroxylation sites is 3. The van der Waals surface area contributed by atoms with E-state index in [0.29, 0.717) is 24.3 Å². The van der Waals surface area contributed by atoms with Gasteiger partial charge in [0.25, 0.3) is 5.91 Å². The highest BCUT2D eigenvalue weighted by atomic mass is 16.5. The number of H-pyrrole nitrogens is 1. The maximum atomic E-state index is 12.8. The number of hydrogen-bond donors (Lipinski definition) is 2. The predicted molar refractivity (Wildman–Crippen MR) is 93.5 cm³/mol. The Morgan fingerprint density at radius 2 is 1.96 bits per heavy atom. The quantitative estimate of drug-likeness (QED) is 0.778. The van der Waals surface area contributed by atoms with Crippen LogP contribution < -0.4 is 10.2 Å². The highest BCUT2D eigenvalue weighted by molar-refractivity contribution is 6.12. The standard InChI is InChI=1S/C18H18N4O2/c23-18(13-4-3-6-15-17(13)20-12-19-15)21-14-5-1-2-7-16(14)22-8-10-24-11-9-22/h1-7,12H,8-11H2,(H,19,20)(H,21,23). The van der Waals surface area contributed by atoms with Gasteiger partial charge >= 0.3 is 0 Å². The molecule has 4 rings (SSSR count). The van der Waals surface area contributed by atoms with Crippen LogP contribution in [0, 0.1) is 0 Å². The number of carbonyl (C=O) groups is 1. The molecule has 1 aliphatic heterocycles. The Morgan fingerprint density at radius 3 is 2.83 bits per heavy atom. The number of carbonyl (C=O) groups excluding carboxylic acids is 1. The van der Waals surface area contributed by atoms with Crippen molar-refractivity contribution in [1.82, 2.24) is 9.97 Å². The SMILES string of the molecule is O=C(Nc1ccccc1N1CCOCC1)c1cccc2[nH]cnc12. The third kappa shape index (κ3) is 2.72. The Hall–Kier alpha value is -2.86. The van der Waals surface area contributed by atoms with Gasteiger partial charge in [0.05, 0.1) is 42.0 Å². The third-order valence-electron chi connectivity index (χ3n) is 4.20. The van der Waals surface area contributed by atoms with E-state index in [9.17, 15) is 4.79 Å². The number of rotatable bonds is 3. The van der Waals surface area contributed by atoms with Gasteiger partial charge in [0, 0.05) is 13.1 Å². The Balaban J connectivity index is 1.63. The molecule has 122 valence electrons. The summed E-state index contributed by atoms with van der Waals surface area (Å²) in [7, 11) is 0. The normalized spacial score (nSPS) is 14.8. The molecular weight excluding hydrogens is 304 g/mol. The summed E-state index contributed by atoms with van der Waals surface area (Å²) in [6.45, 7) is 3.05. The summed E-state index contributed by atoms with van der Waals surface area (Å²) in [5.74, 6) is -0.159. The summed E-state index contributed by atoms with van der Waals surface area (Å²) in [6, 6.07) is 13.4. The highest BCUT2D eigenvalue weighted by Gasteiger charge is 2.17. The molecule has 1 aliphatic rings. The number of imidazole rings is 1. The number of hydrogen-bond acceptors (Lipinski definition) is 4. The molecule has 0 saturated carbocycles. The molecule has 2 aromatic carbocycles. The van der Waals surface area contributed by atoms with Crippen LogP contribution in [0.1, 0.15) is 10.4 Å². The zero-order valence-electron chi connectivity index (χ0n) is 13.2. The molecule has 24 heavy (non-hydrogen) atoms. The average Bonchev–Trinajstić information content (AvgIpc) is 3.11.